The molecule has 108 valence electrons. The van der Waals surface area contributed by atoms with Crippen molar-refractivity contribution in [2.24, 2.45) is 5.92 Å². The van der Waals surface area contributed by atoms with E-state index < -0.39 is 0 Å². The number of hydrogen-bond acceptors (Lipinski definition) is 6. The second kappa shape index (κ2) is 6.98. The smallest absolute Gasteiger partial charge is 0.240 e. The molecule has 1 heterocycles. The van der Waals surface area contributed by atoms with Crippen LogP contribution in [0, 0.1) is 5.92 Å². The van der Waals surface area contributed by atoms with Crippen LogP contribution >= 0.6 is 0 Å². The maximum Gasteiger partial charge on any atom is 0.240 e. The number of aliphatic hydroxyl groups is 1. The van der Waals surface area contributed by atoms with E-state index in [1.54, 1.807) is 7.11 Å². The van der Waals surface area contributed by atoms with E-state index in [2.05, 4.69) is 15.0 Å². The minimum Gasteiger partial charge on any atom is -0.393 e. The van der Waals surface area contributed by atoms with Crippen LogP contribution in [0.25, 0.3) is 0 Å². The highest BCUT2D eigenvalue weighted by Crippen LogP contribution is 2.26. The fourth-order valence-electron chi connectivity index (χ4n) is 2.58. The minimum absolute atomic E-state index is 0.151. The van der Waals surface area contributed by atoms with Crippen LogP contribution in [0.15, 0.2) is 4.52 Å². The standard InChI is InChI=1S/C13H23N3O3/c1-16(8-10-4-3-5-11(10)17)9-13-14-12(15-19-13)6-7-18-2/h10-11,17H,3-9H2,1-2H3. The molecule has 6 heteroatoms. The van der Waals surface area contributed by atoms with E-state index in [4.69, 9.17) is 9.26 Å². The van der Waals surface area contributed by atoms with Gasteiger partial charge in [0.15, 0.2) is 5.82 Å². The average molecular weight is 269 g/mol. The Balaban J connectivity index is 1.78. The molecule has 2 unspecified atom stereocenters. The van der Waals surface area contributed by atoms with Crippen LogP contribution in [0.1, 0.15) is 31.0 Å². The Morgan fingerprint density at radius 1 is 1.47 bits per heavy atom. The van der Waals surface area contributed by atoms with E-state index in [0.717, 1.165) is 25.8 Å². The van der Waals surface area contributed by atoms with E-state index in [1.807, 2.05) is 7.05 Å². The summed E-state index contributed by atoms with van der Waals surface area (Å²) < 4.78 is 10.2. The van der Waals surface area contributed by atoms with Crippen molar-refractivity contribution < 1.29 is 14.4 Å². The van der Waals surface area contributed by atoms with Crippen LogP contribution in [0.5, 0.6) is 0 Å². The third-order valence-corrected chi connectivity index (χ3v) is 3.61. The third kappa shape index (κ3) is 4.26. The first-order chi connectivity index (χ1) is 9.19. The fourth-order valence-corrected chi connectivity index (χ4v) is 2.58. The van der Waals surface area contributed by atoms with Gasteiger partial charge in [-0.2, -0.15) is 4.98 Å². The molecule has 1 aliphatic carbocycles. The Hall–Kier alpha value is -0.980. The lowest BCUT2D eigenvalue weighted by atomic mass is 10.1. The number of ether oxygens (including phenoxy) is 1. The summed E-state index contributed by atoms with van der Waals surface area (Å²) in [5.41, 5.74) is 0. The number of nitrogens with zero attached hydrogens (tertiary/aromatic N) is 3. The number of hydrogen-bond donors (Lipinski definition) is 1. The molecular formula is C13H23N3O3. The second-order valence-electron chi connectivity index (χ2n) is 5.30. The van der Waals surface area contributed by atoms with E-state index in [-0.39, 0.29) is 6.10 Å². The lowest BCUT2D eigenvalue weighted by Crippen LogP contribution is -2.29. The molecule has 1 saturated carbocycles. The lowest BCUT2D eigenvalue weighted by Gasteiger charge is -2.21. The van der Waals surface area contributed by atoms with Crippen molar-refractivity contribution in [3.05, 3.63) is 11.7 Å². The minimum atomic E-state index is -0.151. The van der Waals surface area contributed by atoms with Crippen molar-refractivity contribution >= 4 is 0 Å². The average Bonchev–Trinajstić information content (AvgIpc) is 2.97. The Morgan fingerprint density at radius 2 is 2.32 bits per heavy atom. The zero-order valence-corrected chi connectivity index (χ0v) is 11.7. The zero-order valence-electron chi connectivity index (χ0n) is 11.7. The predicted molar refractivity (Wildman–Crippen MR) is 69.6 cm³/mol. The zero-order chi connectivity index (χ0) is 13.7. The van der Waals surface area contributed by atoms with E-state index in [1.165, 1.54) is 0 Å². The molecule has 1 fully saturated rings. The number of rotatable bonds is 7. The summed E-state index contributed by atoms with van der Waals surface area (Å²) in [7, 11) is 3.67. The molecule has 19 heavy (non-hydrogen) atoms. The van der Waals surface area contributed by atoms with Crippen LogP contribution in [0.3, 0.4) is 0 Å². The van der Waals surface area contributed by atoms with Gasteiger partial charge in [-0.05, 0) is 25.8 Å². The highest BCUT2D eigenvalue weighted by Gasteiger charge is 2.26. The summed E-state index contributed by atoms with van der Waals surface area (Å²) in [6, 6.07) is 0. The largest absolute Gasteiger partial charge is 0.393 e. The van der Waals surface area contributed by atoms with Gasteiger partial charge in [0.2, 0.25) is 5.89 Å². The van der Waals surface area contributed by atoms with Gasteiger partial charge in [0.1, 0.15) is 0 Å². The maximum atomic E-state index is 9.81. The van der Waals surface area contributed by atoms with Crippen molar-refractivity contribution in [3.8, 4) is 0 Å². The first kappa shape index (κ1) is 14.4. The number of methoxy groups -OCH3 is 1. The molecule has 2 atom stereocenters. The van der Waals surface area contributed by atoms with Gasteiger partial charge in [-0.1, -0.05) is 11.6 Å². The van der Waals surface area contributed by atoms with Crippen molar-refractivity contribution in [2.45, 2.75) is 38.3 Å². The molecule has 6 nitrogen and oxygen atoms in total. The van der Waals surface area contributed by atoms with E-state index >= 15 is 0 Å². The summed E-state index contributed by atoms with van der Waals surface area (Å²) in [4.78, 5) is 6.45. The molecule has 0 spiro atoms. The maximum absolute atomic E-state index is 9.81. The quantitative estimate of drug-likeness (QED) is 0.791. The van der Waals surface area contributed by atoms with Crippen LogP contribution in [-0.2, 0) is 17.7 Å². The van der Waals surface area contributed by atoms with Gasteiger partial charge in [0.05, 0.1) is 19.3 Å². The lowest BCUT2D eigenvalue weighted by molar-refractivity contribution is 0.104. The van der Waals surface area contributed by atoms with Gasteiger partial charge >= 0.3 is 0 Å². The molecule has 0 aromatic carbocycles. The molecule has 1 aromatic heterocycles. The normalized spacial score (nSPS) is 23.4. The second-order valence-corrected chi connectivity index (χ2v) is 5.30. The van der Waals surface area contributed by atoms with Crippen LogP contribution in [-0.4, -0.2) is 53.6 Å². The monoisotopic (exact) mass is 269 g/mol. The van der Waals surface area contributed by atoms with Crippen LogP contribution < -0.4 is 0 Å². The first-order valence-electron chi connectivity index (χ1n) is 6.86. The van der Waals surface area contributed by atoms with Crippen LogP contribution in [0.2, 0.25) is 0 Å². The molecule has 0 aliphatic heterocycles. The SMILES string of the molecule is COCCc1noc(CN(C)CC2CCCC2O)n1. The molecule has 1 N–H and O–H groups in total. The number of aliphatic hydroxyl groups excluding tert-OH is 1. The van der Waals surface area contributed by atoms with Crippen molar-refractivity contribution in [1.29, 1.82) is 0 Å². The van der Waals surface area contributed by atoms with Gasteiger partial charge in [-0.25, -0.2) is 0 Å². The summed E-state index contributed by atoms with van der Waals surface area (Å²) in [5.74, 6) is 1.69. The molecule has 2 rings (SSSR count). The van der Waals surface area contributed by atoms with Crippen molar-refractivity contribution in [1.82, 2.24) is 15.0 Å². The Kier molecular flexibility index (Phi) is 5.30. The molecular weight excluding hydrogens is 246 g/mol. The van der Waals surface area contributed by atoms with Gasteiger partial charge in [0.25, 0.3) is 0 Å². The predicted octanol–water partition coefficient (Wildman–Crippen LogP) is 0.851. The Labute approximate surface area is 113 Å². The first-order valence-corrected chi connectivity index (χ1v) is 6.86. The third-order valence-electron chi connectivity index (χ3n) is 3.61. The van der Waals surface area contributed by atoms with Gasteiger partial charge in [-0.15, -0.1) is 0 Å². The van der Waals surface area contributed by atoms with E-state index in [9.17, 15) is 5.11 Å². The highest BCUT2D eigenvalue weighted by atomic mass is 16.5. The van der Waals surface area contributed by atoms with Gasteiger partial charge < -0.3 is 14.4 Å². The number of aromatic nitrogens is 2. The summed E-state index contributed by atoms with van der Waals surface area (Å²) in [5, 5.41) is 13.7. The Morgan fingerprint density at radius 3 is 3.00 bits per heavy atom. The molecule has 0 amide bonds. The molecule has 0 bridgehead atoms. The van der Waals surface area contributed by atoms with Gasteiger partial charge in [0, 0.05) is 20.1 Å². The van der Waals surface area contributed by atoms with Gasteiger partial charge in [-0.3, -0.25) is 4.90 Å². The Bertz CT molecular complexity index is 383. The van der Waals surface area contributed by atoms with Crippen LogP contribution in [0.4, 0.5) is 0 Å². The molecule has 1 aliphatic rings. The summed E-state index contributed by atoms with van der Waals surface area (Å²) in [6.07, 6.45) is 3.68. The van der Waals surface area contributed by atoms with Crippen molar-refractivity contribution in [2.75, 3.05) is 27.3 Å². The molecule has 1 aromatic rings. The summed E-state index contributed by atoms with van der Waals surface area (Å²) >= 11 is 0. The molecule has 0 saturated heterocycles. The molecule has 0 radical (unpaired) electrons. The van der Waals surface area contributed by atoms with Crippen molar-refractivity contribution in [3.63, 3.8) is 0 Å². The summed E-state index contributed by atoms with van der Waals surface area (Å²) in [6.45, 7) is 2.10. The van der Waals surface area contributed by atoms with E-state index in [0.29, 0.717) is 37.2 Å². The fraction of sp³-hybridized carbons (Fsp3) is 0.846. The highest BCUT2D eigenvalue weighted by molar-refractivity contribution is 4.87. The topological polar surface area (TPSA) is 71.6 Å².